The van der Waals surface area contributed by atoms with E-state index in [1.807, 2.05) is 0 Å². The minimum atomic E-state index is 0.879. The number of rotatable bonds is 6. The summed E-state index contributed by atoms with van der Waals surface area (Å²) in [5, 5.41) is 9.54. The maximum atomic E-state index is 6.44. The standard InChI is InChI=1S/C54H35NO/c1-2-11-36(12-3-1)41-18-10-19-46(32-41)55(47-28-30-52-51(35-47)50-33-42-16-6-7-17-43(42)34-53(50)56-52)45-26-23-39(24-27-45)54-48-20-9-8-14-38(48)25-29-49(54)44-22-21-37-13-4-5-15-40(37)31-44/h1-35H. The number of hydrogen-bond acceptors (Lipinski definition) is 2. The Bertz CT molecular complexity index is 3250. The molecule has 11 rings (SSSR count). The van der Waals surface area contributed by atoms with Crippen LogP contribution in [0, 0.1) is 0 Å². The van der Waals surface area contributed by atoms with Crippen LogP contribution in [0.3, 0.4) is 0 Å². The topological polar surface area (TPSA) is 16.4 Å². The normalized spacial score (nSPS) is 11.6. The van der Waals surface area contributed by atoms with Gasteiger partial charge in [0.1, 0.15) is 11.2 Å². The van der Waals surface area contributed by atoms with Crippen LogP contribution >= 0.6 is 0 Å². The van der Waals surface area contributed by atoms with Gasteiger partial charge >= 0.3 is 0 Å². The number of hydrogen-bond donors (Lipinski definition) is 0. The van der Waals surface area contributed by atoms with E-state index in [4.69, 9.17) is 4.42 Å². The summed E-state index contributed by atoms with van der Waals surface area (Å²) in [5.41, 5.74) is 12.2. The lowest BCUT2D eigenvalue weighted by atomic mass is 9.89. The number of nitrogens with zero attached hydrogens (tertiary/aromatic N) is 1. The Hall–Kier alpha value is -7.42. The first-order valence-electron chi connectivity index (χ1n) is 19.2. The van der Waals surface area contributed by atoms with Crippen LogP contribution in [-0.2, 0) is 0 Å². The molecule has 0 aliphatic heterocycles. The second kappa shape index (κ2) is 13.2. The molecule has 56 heavy (non-hydrogen) atoms. The summed E-state index contributed by atoms with van der Waals surface area (Å²) in [5.74, 6) is 0. The molecule has 0 fully saturated rings. The highest BCUT2D eigenvalue weighted by Crippen LogP contribution is 2.43. The fourth-order valence-corrected chi connectivity index (χ4v) is 8.45. The molecule has 10 aromatic carbocycles. The average molecular weight is 714 g/mol. The molecule has 11 aromatic rings. The van der Waals surface area contributed by atoms with Crippen LogP contribution < -0.4 is 4.90 Å². The van der Waals surface area contributed by atoms with E-state index in [1.54, 1.807) is 0 Å². The SMILES string of the molecule is c1ccc(-c2cccc(N(c3ccc(-c4c(-c5ccc6ccccc6c5)ccc5ccccc45)cc3)c3ccc4oc5cc6ccccc6cc5c4c3)c2)cc1. The Kier molecular flexibility index (Phi) is 7.53. The maximum absolute atomic E-state index is 6.44. The minimum Gasteiger partial charge on any atom is -0.456 e. The van der Waals surface area contributed by atoms with Gasteiger partial charge < -0.3 is 9.32 Å². The minimum absolute atomic E-state index is 0.879. The van der Waals surface area contributed by atoms with Crippen LogP contribution in [0.1, 0.15) is 0 Å². The molecule has 0 N–H and O–H groups in total. The Morgan fingerprint density at radius 1 is 0.286 bits per heavy atom. The molecule has 2 heteroatoms. The molecule has 0 amide bonds. The van der Waals surface area contributed by atoms with Crippen molar-refractivity contribution in [2.45, 2.75) is 0 Å². The van der Waals surface area contributed by atoms with E-state index in [0.29, 0.717) is 0 Å². The van der Waals surface area contributed by atoms with Crippen molar-refractivity contribution >= 4 is 71.3 Å². The van der Waals surface area contributed by atoms with Gasteiger partial charge in [-0.1, -0.05) is 152 Å². The first-order chi connectivity index (χ1) is 27.7. The van der Waals surface area contributed by atoms with Gasteiger partial charge in [-0.3, -0.25) is 0 Å². The van der Waals surface area contributed by atoms with Gasteiger partial charge in [0.2, 0.25) is 0 Å². The molecule has 2 nitrogen and oxygen atoms in total. The number of anilines is 3. The molecule has 0 saturated heterocycles. The summed E-state index contributed by atoms with van der Waals surface area (Å²) in [6, 6.07) is 76.6. The van der Waals surface area contributed by atoms with E-state index in [2.05, 4.69) is 217 Å². The predicted molar refractivity (Wildman–Crippen MR) is 237 cm³/mol. The average Bonchev–Trinajstić information content (AvgIpc) is 3.62. The van der Waals surface area contributed by atoms with Crippen LogP contribution in [-0.4, -0.2) is 0 Å². The third kappa shape index (κ3) is 5.51. The summed E-state index contributed by atoms with van der Waals surface area (Å²) in [7, 11) is 0. The first kappa shape index (κ1) is 32.0. The van der Waals surface area contributed by atoms with Crippen molar-refractivity contribution in [2.75, 3.05) is 4.90 Å². The van der Waals surface area contributed by atoms with Crippen LogP contribution in [0.25, 0.3) is 87.6 Å². The van der Waals surface area contributed by atoms with Crippen molar-refractivity contribution in [3.63, 3.8) is 0 Å². The highest BCUT2D eigenvalue weighted by atomic mass is 16.3. The van der Waals surface area contributed by atoms with E-state index in [9.17, 15) is 0 Å². The van der Waals surface area contributed by atoms with Crippen LogP contribution in [0.2, 0.25) is 0 Å². The van der Waals surface area contributed by atoms with E-state index in [-0.39, 0.29) is 0 Å². The van der Waals surface area contributed by atoms with Gasteiger partial charge in [-0.25, -0.2) is 0 Å². The largest absolute Gasteiger partial charge is 0.456 e. The number of furan rings is 1. The molecule has 0 aliphatic carbocycles. The molecule has 0 radical (unpaired) electrons. The molecule has 0 unspecified atom stereocenters. The maximum Gasteiger partial charge on any atom is 0.136 e. The van der Waals surface area contributed by atoms with Crippen LogP contribution in [0.15, 0.2) is 217 Å². The second-order valence-corrected chi connectivity index (χ2v) is 14.5. The molecular weight excluding hydrogens is 679 g/mol. The predicted octanol–water partition coefficient (Wildman–Crippen LogP) is 15.5. The van der Waals surface area contributed by atoms with E-state index in [0.717, 1.165) is 39.0 Å². The third-order valence-electron chi connectivity index (χ3n) is 11.2. The summed E-state index contributed by atoms with van der Waals surface area (Å²) >= 11 is 0. The van der Waals surface area contributed by atoms with Gasteiger partial charge in [0.25, 0.3) is 0 Å². The fraction of sp³-hybridized carbons (Fsp3) is 0. The zero-order chi connectivity index (χ0) is 37.0. The second-order valence-electron chi connectivity index (χ2n) is 14.5. The molecule has 0 spiro atoms. The number of fused-ring (bicyclic) bond motifs is 6. The van der Waals surface area contributed by atoms with Crippen molar-refractivity contribution in [1.29, 1.82) is 0 Å². The van der Waals surface area contributed by atoms with E-state index in [1.165, 1.54) is 65.7 Å². The molecule has 262 valence electrons. The lowest BCUT2D eigenvalue weighted by Crippen LogP contribution is -2.10. The lowest BCUT2D eigenvalue weighted by Gasteiger charge is -2.26. The van der Waals surface area contributed by atoms with Gasteiger partial charge in [0.05, 0.1) is 0 Å². The van der Waals surface area contributed by atoms with Crippen LogP contribution in [0.4, 0.5) is 17.1 Å². The Balaban J connectivity index is 1.08. The Morgan fingerprint density at radius 3 is 1.71 bits per heavy atom. The lowest BCUT2D eigenvalue weighted by molar-refractivity contribution is 0.669. The van der Waals surface area contributed by atoms with Crippen molar-refractivity contribution in [1.82, 2.24) is 0 Å². The molecule has 0 bridgehead atoms. The monoisotopic (exact) mass is 713 g/mol. The molecule has 0 saturated carbocycles. The summed E-state index contributed by atoms with van der Waals surface area (Å²) in [6.45, 7) is 0. The summed E-state index contributed by atoms with van der Waals surface area (Å²) in [4.78, 5) is 2.36. The zero-order valence-corrected chi connectivity index (χ0v) is 30.6. The highest BCUT2D eigenvalue weighted by Gasteiger charge is 2.18. The molecule has 0 atom stereocenters. The van der Waals surface area contributed by atoms with Crippen LogP contribution in [0.5, 0.6) is 0 Å². The molecular formula is C54H35NO. The van der Waals surface area contributed by atoms with Gasteiger partial charge in [-0.15, -0.1) is 0 Å². The highest BCUT2D eigenvalue weighted by molar-refractivity contribution is 6.11. The molecule has 1 heterocycles. The van der Waals surface area contributed by atoms with Gasteiger partial charge in [0, 0.05) is 27.8 Å². The van der Waals surface area contributed by atoms with Crippen molar-refractivity contribution in [3.05, 3.63) is 212 Å². The van der Waals surface area contributed by atoms with Gasteiger partial charge in [0.15, 0.2) is 0 Å². The first-order valence-corrected chi connectivity index (χ1v) is 19.2. The van der Waals surface area contributed by atoms with Gasteiger partial charge in [-0.2, -0.15) is 0 Å². The quantitative estimate of drug-likeness (QED) is 0.171. The summed E-state index contributed by atoms with van der Waals surface area (Å²) < 4.78 is 6.44. The number of benzene rings is 10. The Labute approximate surface area is 325 Å². The third-order valence-corrected chi connectivity index (χ3v) is 11.2. The van der Waals surface area contributed by atoms with E-state index < -0.39 is 0 Å². The fourth-order valence-electron chi connectivity index (χ4n) is 8.45. The van der Waals surface area contributed by atoms with Gasteiger partial charge in [-0.05, 0) is 126 Å². The molecule has 1 aromatic heterocycles. The van der Waals surface area contributed by atoms with Crippen molar-refractivity contribution < 1.29 is 4.42 Å². The smallest absolute Gasteiger partial charge is 0.136 e. The zero-order valence-electron chi connectivity index (χ0n) is 30.6. The van der Waals surface area contributed by atoms with Crippen molar-refractivity contribution in [3.8, 4) is 33.4 Å². The summed E-state index contributed by atoms with van der Waals surface area (Å²) in [6.07, 6.45) is 0. The molecule has 0 aliphatic rings. The van der Waals surface area contributed by atoms with E-state index >= 15 is 0 Å². The Morgan fingerprint density at radius 2 is 0.893 bits per heavy atom. The van der Waals surface area contributed by atoms with Crippen molar-refractivity contribution in [2.24, 2.45) is 0 Å².